The van der Waals surface area contributed by atoms with Crippen LogP contribution in [0.15, 0.2) is 36.0 Å². The van der Waals surface area contributed by atoms with E-state index in [1.54, 1.807) is 17.7 Å². The van der Waals surface area contributed by atoms with Crippen molar-refractivity contribution in [2.45, 2.75) is 32.4 Å². The average molecular weight is 287 g/mol. The number of aromatic nitrogens is 3. The van der Waals surface area contributed by atoms with Gasteiger partial charge in [0.25, 0.3) is 0 Å². The molecule has 104 valence electrons. The summed E-state index contributed by atoms with van der Waals surface area (Å²) < 4.78 is 3.06. The summed E-state index contributed by atoms with van der Waals surface area (Å²) in [6, 6.07) is 8.40. The Hall–Kier alpha value is -1.72. The molecule has 0 amide bonds. The fourth-order valence-corrected chi connectivity index (χ4v) is 3.40. The van der Waals surface area contributed by atoms with E-state index in [2.05, 4.69) is 36.1 Å². The van der Waals surface area contributed by atoms with Crippen LogP contribution < -0.4 is 0 Å². The van der Waals surface area contributed by atoms with Crippen LogP contribution in [-0.4, -0.2) is 19.9 Å². The lowest BCUT2D eigenvalue weighted by atomic mass is 10.1. The van der Waals surface area contributed by atoms with Gasteiger partial charge in [-0.15, -0.1) is 11.3 Å². The summed E-state index contributed by atoms with van der Waals surface area (Å²) in [5, 5.41) is 17.9. The molecule has 1 atom stereocenters. The van der Waals surface area contributed by atoms with Crippen molar-refractivity contribution >= 4 is 21.4 Å². The Labute approximate surface area is 121 Å². The zero-order valence-corrected chi connectivity index (χ0v) is 12.3. The van der Waals surface area contributed by atoms with Crippen molar-refractivity contribution in [3.05, 3.63) is 47.4 Å². The molecule has 1 N–H and O–H groups in total. The predicted molar refractivity (Wildman–Crippen MR) is 80.9 cm³/mol. The molecule has 0 fully saturated rings. The highest BCUT2D eigenvalue weighted by Gasteiger charge is 2.17. The summed E-state index contributed by atoms with van der Waals surface area (Å²) in [6.45, 7) is 4.12. The van der Waals surface area contributed by atoms with E-state index in [1.165, 1.54) is 4.70 Å². The first kappa shape index (κ1) is 13.3. The molecule has 0 spiro atoms. The highest BCUT2D eigenvalue weighted by molar-refractivity contribution is 7.17. The molecule has 3 rings (SSSR count). The average Bonchev–Trinajstić information content (AvgIpc) is 3.04. The molecule has 0 aliphatic rings. The fourth-order valence-electron chi connectivity index (χ4n) is 2.39. The van der Waals surface area contributed by atoms with Crippen molar-refractivity contribution < 1.29 is 5.11 Å². The Morgan fingerprint density at radius 3 is 2.90 bits per heavy atom. The number of benzene rings is 1. The maximum atomic E-state index is 10.5. The lowest BCUT2D eigenvalue weighted by molar-refractivity contribution is 0.175. The van der Waals surface area contributed by atoms with Crippen LogP contribution in [0.2, 0.25) is 0 Å². The molecular formula is C15H17N3OS. The number of fused-ring (bicyclic) bond motifs is 1. The van der Waals surface area contributed by atoms with Crippen LogP contribution in [0.4, 0.5) is 0 Å². The number of rotatable bonds is 4. The standard InChI is InChI=1S/C15H17N3OS/c1-10(2)18-15(16-9-17-18)7-13(19)12-8-20-14-6-4-3-5-11(12)14/h3-6,8-10,13,19H,7H2,1-2H3. The maximum absolute atomic E-state index is 10.5. The lowest BCUT2D eigenvalue weighted by Gasteiger charge is -2.13. The van der Waals surface area contributed by atoms with Gasteiger partial charge >= 0.3 is 0 Å². The van der Waals surface area contributed by atoms with Gasteiger partial charge in [0.2, 0.25) is 0 Å². The summed E-state index contributed by atoms with van der Waals surface area (Å²) in [6.07, 6.45) is 1.49. The minimum absolute atomic E-state index is 0.249. The van der Waals surface area contributed by atoms with Gasteiger partial charge in [-0.05, 0) is 36.2 Å². The molecule has 0 saturated carbocycles. The van der Waals surface area contributed by atoms with Crippen molar-refractivity contribution in [3.63, 3.8) is 0 Å². The van der Waals surface area contributed by atoms with Gasteiger partial charge in [-0.1, -0.05) is 18.2 Å². The second-order valence-corrected chi connectivity index (χ2v) is 6.03. The summed E-state index contributed by atoms with van der Waals surface area (Å²) in [5.74, 6) is 0.822. The highest BCUT2D eigenvalue weighted by Crippen LogP contribution is 2.31. The Bertz CT molecular complexity index is 717. The Morgan fingerprint density at radius 1 is 1.30 bits per heavy atom. The van der Waals surface area contributed by atoms with Crippen LogP contribution >= 0.6 is 11.3 Å². The quantitative estimate of drug-likeness (QED) is 0.800. The van der Waals surface area contributed by atoms with Crippen LogP contribution in [0.25, 0.3) is 10.1 Å². The zero-order valence-electron chi connectivity index (χ0n) is 11.5. The molecule has 0 saturated heterocycles. The number of aliphatic hydroxyl groups excluding tert-OH is 1. The van der Waals surface area contributed by atoms with E-state index in [9.17, 15) is 5.11 Å². The Kier molecular flexibility index (Phi) is 3.54. The second-order valence-electron chi connectivity index (χ2n) is 5.12. The van der Waals surface area contributed by atoms with Crippen molar-refractivity contribution in [2.24, 2.45) is 0 Å². The minimum atomic E-state index is -0.548. The van der Waals surface area contributed by atoms with E-state index in [-0.39, 0.29) is 6.04 Å². The molecular weight excluding hydrogens is 270 g/mol. The van der Waals surface area contributed by atoms with Crippen molar-refractivity contribution in [3.8, 4) is 0 Å². The molecule has 2 aromatic heterocycles. The van der Waals surface area contributed by atoms with E-state index in [0.29, 0.717) is 6.42 Å². The molecule has 5 heteroatoms. The SMILES string of the molecule is CC(C)n1ncnc1CC(O)c1csc2ccccc12. The summed E-state index contributed by atoms with van der Waals surface area (Å²) in [4.78, 5) is 4.26. The van der Waals surface area contributed by atoms with Crippen molar-refractivity contribution in [2.75, 3.05) is 0 Å². The van der Waals surface area contributed by atoms with Crippen LogP contribution in [0.1, 0.15) is 37.4 Å². The molecule has 20 heavy (non-hydrogen) atoms. The molecule has 0 aliphatic heterocycles. The van der Waals surface area contributed by atoms with Gasteiger partial charge in [-0.25, -0.2) is 9.67 Å². The van der Waals surface area contributed by atoms with Crippen LogP contribution in [0, 0.1) is 0 Å². The number of thiophene rings is 1. The number of nitrogens with zero attached hydrogens (tertiary/aromatic N) is 3. The van der Waals surface area contributed by atoms with E-state index < -0.39 is 6.10 Å². The lowest BCUT2D eigenvalue weighted by Crippen LogP contribution is -2.12. The summed E-state index contributed by atoms with van der Waals surface area (Å²) >= 11 is 1.66. The third kappa shape index (κ3) is 2.34. The molecule has 0 aliphatic carbocycles. The minimum Gasteiger partial charge on any atom is -0.388 e. The number of hydrogen-bond acceptors (Lipinski definition) is 4. The molecule has 1 unspecified atom stereocenters. The Morgan fingerprint density at radius 2 is 2.10 bits per heavy atom. The molecule has 3 aromatic rings. The third-order valence-electron chi connectivity index (χ3n) is 3.38. The largest absolute Gasteiger partial charge is 0.388 e. The molecule has 1 aromatic carbocycles. The first-order valence-corrected chi connectivity index (χ1v) is 7.57. The number of hydrogen-bond donors (Lipinski definition) is 1. The normalized spacial score (nSPS) is 13.2. The van der Waals surface area contributed by atoms with Crippen molar-refractivity contribution in [1.82, 2.24) is 14.8 Å². The second kappa shape index (κ2) is 5.34. The first-order valence-electron chi connectivity index (χ1n) is 6.69. The zero-order chi connectivity index (χ0) is 14.1. The van der Waals surface area contributed by atoms with Crippen LogP contribution in [0.3, 0.4) is 0 Å². The maximum Gasteiger partial charge on any atom is 0.138 e. The first-order chi connectivity index (χ1) is 9.66. The fraction of sp³-hybridized carbons (Fsp3) is 0.333. The van der Waals surface area contributed by atoms with Gasteiger partial charge in [-0.2, -0.15) is 5.10 Å². The smallest absolute Gasteiger partial charge is 0.138 e. The number of aliphatic hydroxyl groups is 1. The van der Waals surface area contributed by atoms with Gasteiger partial charge in [0, 0.05) is 17.2 Å². The molecule has 4 nitrogen and oxygen atoms in total. The summed E-state index contributed by atoms with van der Waals surface area (Å²) in [5.41, 5.74) is 0.976. The van der Waals surface area contributed by atoms with E-state index >= 15 is 0 Å². The van der Waals surface area contributed by atoms with Gasteiger partial charge in [0.05, 0.1) is 6.10 Å². The van der Waals surface area contributed by atoms with Crippen LogP contribution in [0.5, 0.6) is 0 Å². The van der Waals surface area contributed by atoms with Gasteiger partial charge in [0.1, 0.15) is 12.2 Å². The topological polar surface area (TPSA) is 50.9 Å². The van der Waals surface area contributed by atoms with E-state index in [4.69, 9.17) is 0 Å². The molecule has 0 bridgehead atoms. The highest BCUT2D eigenvalue weighted by atomic mass is 32.1. The van der Waals surface area contributed by atoms with Crippen molar-refractivity contribution in [1.29, 1.82) is 0 Å². The molecule has 2 heterocycles. The van der Waals surface area contributed by atoms with Gasteiger partial charge in [0.15, 0.2) is 0 Å². The summed E-state index contributed by atoms with van der Waals surface area (Å²) in [7, 11) is 0. The van der Waals surface area contributed by atoms with E-state index in [0.717, 1.165) is 16.8 Å². The van der Waals surface area contributed by atoms with Gasteiger partial charge < -0.3 is 5.11 Å². The Balaban J connectivity index is 1.89. The van der Waals surface area contributed by atoms with Gasteiger partial charge in [-0.3, -0.25) is 0 Å². The van der Waals surface area contributed by atoms with Crippen LogP contribution in [-0.2, 0) is 6.42 Å². The predicted octanol–water partition coefficient (Wildman–Crippen LogP) is 3.35. The molecule has 0 radical (unpaired) electrons. The monoisotopic (exact) mass is 287 g/mol. The van der Waals surface area contributed by atoms with E-state index in [1.807, 2.05) is 22.2 Å². The third-order valence-corrected chi connectivity index (χ3v) is 4.36.